The fourth-order valence-electron chi connectivity index (χ4n) is 1.75. The van der Waals surface area contributed by atoms with Crippen molar-refractivity contribution in [1.29, 1.82) is 0 Å². The van der Waals surface area contributed by atoms with Crippen LogP contribution in [-0.2, 0) is 0 Å². The lowest BCUT2D eigenvalue weighted by atomic mass is 9.93. The maximum Gasteiger partial charge on any atom is 0.231 e. The topological polar surface area (TPSA) is 44.5 Å². The van der Waals surface area contributed by atoms with Gasteiger partial charge < -0.3 is 15.2 Å². The highest BCUT2D eigenvalue weighted by atomic mass is 35.5. The summed E-state index contributed by atoms with van der Waals surface area (Å²) in [6.07, 6.45) is 1.02. The van der Waals surface area contributed by atoms with Gasteiger partial charge in [-0.25, -0.2) is 0 Å². The van der Waals surface area contributed by atoms with Gasteiger partial charge in [0.2, 0.25) is 6.79 Å². The van der Waals surface area contributed by atoms with Gasteiger partial charge in [0.15, 0.2) is 11.5 Å². The first-order chi connectivity index (χ1) is 7.63. The summed E-state index contributed by atoms with van der Waals surface area (Å²) in [5.41, 5.74) is 7.09. The van der Waals surface area contributed by atoms with Crippen LogP contribution < -0.4 is 15.2 Å². The molecule has 1 aliphatic heterocycles. The summed E-state index contributed by atoms with van der Waals surface area (Å²) in [6.45, 7) is 4.49. The number of hydrogen-bond acceptors (Lipinski definition) is 3. The van der Waals surface area contributed by atoms with E-state index in [0.29, 0.717) is 16.7 Å². The summed E-state index contributed by atoms with van der Waals surface area (Å²) < 4.78 is 10.6. The minimum Gasteiger partial charge on any atom is -0.454 e. The van der Waals surface area contributed by atoms with Crippen LogP contribution >= 0.6 is 11.6 Å². The molecule has 0 radical (unpaired) electrons. The molecule has 0 bridgehead atoms. The first-order valence-corrected chi connectivity index (χ1v) is 5.86. The van der Waals surface area contributed by atoms with Crippen LogP contribution in [0.2, 0.25) is 5.02 Å². The van der Waals surface area contributed by atoms with Gasteiger partial charge in [-0.2, -0.15) is 0 Å². The normalized spacial score (nSPS) is 17.2. The van der Waals surface area contributed by atoms with Gasteiger partial charge in [0.1, 0.15) is 0 Å². The monoisotopic (exact) mass is 241 g/mol. The lowest BCUT2D eigenvalue weighted by Crippen LogP contribution is -2.18. The largest absolute Gasteiger partial charge is 0.454 e. The van der Waals surface area contributed by atoms with Gasteiger partial charge >= 0.3 is 0 Å². The zero-order valence-corrected chi connectivity index (χ0v) is 10.3. The minimum absolute atomic E-state index is 0.0630. The van der Waals surface area contributed by atoms with Crippen LogP contribution in [0, 0.1) is 5.92 Å². The second-order valence-corrected chi connectivity index (χ2v) is 4.55. The van der Waals surface area contributed by atoms with Crippen molar-refractivity contribution in [2.75, 3.05) is 6.79 Å². The molecule has 3 nitrogen and oxygen atoms in total. The smallest absolute Gasteiger partial charge is 0.231 e. The molecular formula is C12H16ClNO2. The first kappa shape index (κ1) is 11.6. The van der Waals surface area contributed by atoms with E-state index >= 15 is 0 Å². The molecule has 1 aliphatic rings. The molecule has 2 rings (SSSR count). The van der Waals surface area contributed by atoms with Crippen molar-refractivity contribution in [3.63, 3.8) is 0 Å². The molecule has 4 heteroatoms. The number of halogens is 1. The van der Waals surface area contributed by atoms with Crippen molar-refractivity contribution in [3.8, 4) is 11.5 Å². The van der Waals surface area contributed by atoms with Crippen molar-refractivity contribution in [2.45, 2.75) is 26.3 Å². The molecule has 2 atom stereocenters. The lowest BCUT2D eigenvalue weighted by molar-refractivity contribution is 0.174. The Balaban J connectivity index is 2.34. The van der Waals surface area contributed by atoms with Crippen LogP contribution in [0.3, 0.4) is 0 Å². The molecule has 0 fully saturated rings. The molecule has 0 aliphatic carbocycles. The van der Waals surface area contributed by atoms with Gasteiger partial charge in [0.25, 0.3) is 0 Å². The van der Waals surface area contributed by atoms with Crippen molar-refractivity contribution >= 4 is 11.6 Å². The van der Waals surface area contributed by atoms with E-state index in [1.54, 1.807) is 6.07 Å². The lowest BCUT2D eigenvalue weighted by Gasteiger charge is -2.20. The Hall–Kier alpha value is -0.930. The van der Waals surface area contributed by atoms with Crippen molar-refractivity contribution < 1.29 is 9.47 Å². The van der Waals surface area contributed by atoms with E-state index < -0.39 is 0 Å². The van der Waals surface area contributed by atoms with Gasteiger partial charge in [0.05, 0.1) is 0 Å². The van der Waals surface area contributed by atoms with E-state index in [1.807, 2.05) is 6.07 Å². The van der Waals surface area contributed by atoms with Crippen LogP contribution in [0.4, 0.5) is 0 Å². The Morgan fingerprint density at radius 2 is 2.00 bits per heavy atom. The summed E-state index contributed by atoms with van der Waals surface area (Å²) in [5.74, 6) is 1.82. The Morgan fingerprint density at radius 1 is 1.38 bits per heavy atom. The third kappa shape index (κ3) is 1.97. The summed E-state index contributed by atoms with van der Waals surface area (Å²) in [5, 5.41) is 0.650. The predicted octanol–water partition coefficient (Wildman–Crippen LogP) is 3.11. The highest BCUT2D eigenvalue weighted by molar-refractivity contribution is 6.31. The predicted molar refractivity (Wildman–Crippen MR) is 64.0 cm³/mol. The fraction of sp³-hybridized carbons (Fsp3) is 0.500. The number of benzene rings is 1. The second kappa shape index (κ2) is 4.52. The van der Waals surface area contributed by atoms with E-state index in [9.17, 15) is 0 Å². The van der Waals surface area contributed by atoms with Crippen LogP contribution in [-0.4, -0.2) is 6.79 Å². The minimum atomic E-state index is -0.0630. The highest BCUT2D eigenvalue weighted by Crippen LogP contribution is 2.40. The van der Waals surface area contributed by atoms with E-state index in [2.05, 4.69) is 13.8 Å². The third-order valence-electron chi connectivity index (χ3n) is 3.11. The van der Waals surface area contributed by atoms with Crippen molar-refractivity contribution in [2.24, 2.45) is 11.7 Å². The van der Waals surface area contributed by atoms with Crippen LogP contribution in [0.1, 0.15) is 31.9 Å². The standard InChI is InChI=1S/C12H16ClNO2/c1-3-7(2)12(14)8-4-10-11(5-9(8)13)16-6-15-10/h4-5,7,12H,3,6,14H2,1-2H3/t7?,12-/m1/s1. The zero-order chi connectivity index (χ0) is 11.7. The zero-order valence-electron chi connectivity index (χ0n) is 9.50. The van der Waals surface area contributed by atoms with Crippen LogP contribution in [0.5, 0.6) is 11.5 Å². The average molecular weight is 242 g/mol. The van der Waals surface area contributed by atoms with E-state index in [0.717, 1.165) is 17.7 Å². The van der Waals surface area contributed by atoms with Gasteiger partial charge in [0, 0.05) is 17.1 Å². The molecule has 88 valence electrons. The Morgan fingerprint density at radius 3 is 2.62 bits per heavy atom. The molecule has 1 aromatic rings. The summed E-state index contributed by atoms with van der Waals surface area (Å²) >= 11 is 6.19. The van der Waals surface area contributed by atoms with Gasteiger partial charge in [-0.05, 0) is 17.5 Å². The van der Waals surface area contributed by atoms with E-state index in [1.165, 1.54) is 0 Å². The molecule has 0 saturated heterocycles. The van der Waals surface area contributed by atoms with Crippen molar-refractivity contribution in [3.05, 3.63) is 22.7 Å². The number of rotatable bonds is 3. The summed E-state index contributed by atoms with van der Waals surface area (Å²) in [7, 11) is 0. The molecular weight excluding hydrogens is 226 g/mol. The first-order valence-electron chi connectivity index (χ1n) is 5.48. The molecule has 0 aromatic heterocycles. The van der Waals surface area contributed by atoms with Crippen molar-refractivity contribution in [1.82, 2.24) is 0 Å². The second-order valence-electron chi connectivity index (χ2n) is 4.14. The summed E-state index contributed by atoms with van der Waals surface area (Å²) in [6, 6.07) is 3.61. The SMILES string of the molecule is CCC(C)[C@@H](N)c1cc2c(cc1Cl)OCO2. The van der Waals surface area contributed by atoms with Gasteiger partial charge in [-0.1, -0.05) is 31.9 Å². The van der Waals surface area contributed by atoms with Gasteiger partial charge in [-0.15, -0.1) is 0 Å². The quantitative estimate of drug-likeness (QED) is 0.884. The Kier molecular flexibility index (Phi) is 3.26. The average Bonchev–Trinajstić information content (AvgIpc) is 2.72. The van der Waals surface area contributed by atoms with E-state index in [4.69, 9.17) is 26.8 Å². The Bertz CT molecular complexity index is 395. The highest BCUT2D eigenvalue weighted by Gasteiger charge is 2.21. The fourth-order valence-corrected chi connectivity index (χ4v) is 2.03. The molecule has 16 heavy (non-hydrogen) atoms. The molecule has 1 aromatic carbocycles. The molecule has 2 N–H and O–H groups in total. The maximum atomic E-state index is 6.19. The van der Waals surface area contributed by atoms with Gasteiger partial charge in [-0.3, -0.25) is 0 Å². The van der Waals surface area contributed by atoms with Crippen LogP contribution in [0.15, 0.2) is 12.1 Å². The molecule has 1 heterocycles. The molecule has 0 amide bonds. The number of ether oxygens (including phenoxy) is 2. The third-order valence-corrected chi connectivity index (χ3v) is 3.44. The number of nitrogens with two attached hydrogens (primary N) is 1. The molecule has 0 saturated carbocycles. The maximum absolute atomic E-state index is 6.19. The summed E-state index contributed by atoms with van der Waals surface area (Å²) in [4.78, 5) is 0. The molecule has 1 unspecified atom stereocenters. The number of hydrogen-bond donors (Lipinski definition) is 1. The van der Waals surface area contributed by atoms with E-state index in [-0.39, 0.29) is 12.8 Å². The number of fused-ring (bicyclic) bond motifs is 1. The molecule has 0 spiro atoms. The Labute approximate surface area is 100 Å². The van der Waals surface area contributed by atoms with Crippen LogP contribution in [0.25, 0.3) is 0 Å².